The van der Waals surface area contributed by atoms with Crippen LogP contribution >= 0.6 is 12.6 Å². The topological polar surface area (TPSA) is 16.1 Å². The van der Waals surface area contributed by atoms with Gasteiger partial charge in [-0.15, -0.1) is 0 Å². The number of aromatic nitrogens is 1. The second kappa shape index (κ2) is 7.72. The molecule has 0 aliphatic carbocycles. The molecule has 17 heavy (non-hydrogen) atoms. The first-order valence-electron chi connectivity index (χ1n) is 6.45. The van der Waals surface area contributed by atoms with Gasteiger partial charge in [-0.05, 0) is 37.3 Å². The van der Waals surface area contributed by atoms with E-state index in [2.05, 4.69) is 48.5 Å². The van der Waals surface area contributed by atoms with E-state index < -0.39 is 0 Å². The van der Waals surface area contributed by atoms with Crippen molar-refractivity contribution in [2.24, 2.45) is 5.92 Å². The Morgan fingerprint density at radius 2 is 2.12 bits per heavy atom. The average Bonchev–Trinajstić information content (AvgIpc) is 2.34. The Hall–Kier alpha value is -0.540. The van der Waals surface area contributed by atoms with Gasteiger partial charge in [-0.2, -0.15) is 12.6 Å². The van der Waals surface area contributed by atoms with Crippen molar-refractivity contribution in [1.29, 1.82) is 0 Å². The molecule has 0 saturated carbocycles. The summed E-state index contributed by atoms with van der Waals surface area (Å²) in [5.41, 5.74) is 2.26. The highest BCUT2D eigenvalue weighted by molar-refractivity contribution is 7.80. The Balaban J connectivity index is 2.57. The van der Waals surface area contributed by atoms with Crippen molar-refractivity contribution in [3.8, 4) is 0 Å². The van der Waals surface area contributed by atoms with Crippen molar-refractivity contribution >= 4 is 12.6 Å². The highest BCUT2D eigenvalue weighted by Crippen LogP contribution is 2.10. The summed E-state index contributed by atoms with van der Waals surface area (Å²) in [6, 6.07) is 6.24. The normalized spacial score (nSPS) is 13.0. The maximum absolute atomic E-state index is 4.56. The minimum absolute atomic E-state index is 0.683. The van der Waals surface area contributed by atoms with Gasteiger partial charge in [0, 0.05) is 18.8 Å². The molecule has 0 N–H and O–H groups in total. The van der Waals surface area contributed by atoms with Crippen LogP contribution in [0.1, 0.15) is 31.7 Å². The molecule has 2 nitrogen and oxygen atoms in total. The fourth-order valence-corrected chi connectivity index (χ4v) is 2.28. The van der Waals surface area contributed by atoms with E-state index in [0.29, 0.717) is 5.92 Å². The largest absolute Gasteiger partial charge is 0.297 e. The maximum atomic E-state index is 4.56. The van der Waals surface area contributed by atoms with Crippen LogP contribution in [-0.2, 0) is 6.54 Å². The Morgan fingerprint density at radius 1 is 1.35 bits per heavy atom. The molecule has 0 saturated heterocycles. The van der Waals surface area contributed by atoms with Crippen LogP contribution in [0.25, 0.3) is 0 Å². The van der Waals surface area contributed by atoms with E-state index in [1.165, 1.54) is 12.1 Å². The van der Waals surface area contributed by atoms with Gasteiger partial charge >= 0.3 is 0 Å². The van der Waals surface area contributed by atoms with Gasteiger partial charge in [-0.3, -0.25) is 9.88 Å². The smallest absolute Gasteiger partial charge is 0.0547 e. The van der Waals surface area contributed by atoms with Crippen LogP contribution in [0, 0.1) is 12.8 Å². The van der Waals surface area contributed by atoms with Crippen LogP contribution in [-0.4, -0.2) is 28.7 Å². The summed E-state index contributed by atoms with van der Waals surface area (Å²) in [6.45, 7) is 9.62. The zero-order valence-electron chi connectivity index (χ0n) is 11.2. The van der Waals surface area contributed by atoms with Gasteiger partial charge in [0.25, 0.3) is 0 Å². The number of hydrogen-bond acceptors (Lipinski definition) is 3. The van der Waals surface area contributed by atoms with E-state index in [-0.39, 0.29) is 0 Å². The third-order valence-electron chi connectivity index (χ3n) is 3.13. The van der Waals surface area contributed by atoms with Gasteiger partial charge in [-0.1, -0.05) is 26.3 Å². The maximum Gasteiger partial charge on any atom is 0.0547 e. The SMILES string of the molecule is CCC(CS)CN(CC)Cc1cccc(C)n1. The predicted molar refractivity (Wildman–Crippen MR) is 77.6 cm³/mol. The first kappa shape index (κ1) is 14.5. The van der Waals surface area contributed by atoms with Crippen LogP contribution < -0.4 is 0 Å². The van der Waals surface area contributed by atoms with Crippen molar-refractivity contribution < 1.29 is 0 Å². The Bertz CT molecular complexity index is 324. The third kappa shape index (κ3) is 5.09. The van der Waals surface area contributed by atoms with E-state index in [0.717, 1.165) is 31.1 Å². The number of rotatable bonds is 7. The minimum Gasteiger partial charge on any atom is -0.297 e. The van der Waals surface area contributed by atoms with Crippen LogP contribution in [0.3, 0.4) is 0 Å². The van der Waals surface area contributed by atoms with Gasteiger partial charge in [-0.25, -0.2) is 0 Å². The van der Waals surface area contributed by atoms with Crippen molar-refractivity contribution in [2.75, 3.05) is 18.8 Å². The summed E-state index contributed by atoms with van der Waals surface area (Å²) in [7, 11) is 0. The predicted octanol–water partition coefficient (Wildman–Crippen LogP) is 3.17. The summed E-state index contributed by atoms with van der Waals surface area (Å²) in [5, 5.41) is 0. The van der Waals surface area contributed by atoms with Crippen molar-refractivity contribution in [3.05, 3.63) is 29.6 Å². The molecule has 0 fully saturated rings. The summed E-state index contributed by atoms with van der Waals surface area (Å²) >= 11 is 4.41. The summed E-state index contributed by atoms with van der Waals surface area (Å²) < 4.78 is 0. The first-order chi connectivity index (χ1) is 8.19. The molecule has 0 radical (unpaired) electrons. The molecule has 1 atom stereocenters. The number of pyridine rings is 1. The highest BCUT2D eigenvalue weighted by atomic mass is 32.1. The van der Waals surface area contributed by atoms with E-state index in [9.17, 15) is 0 Å². The molecule has 1 rings (SSSR count). The van der Waals surface area contributed by atoms with Crippen LogP contribution in [0.2, 0.25) is 0 Å². The molecule has 1 aromatic rings. The van der Waals surface area contributed by atoms with Gasteiger partial charge in [0.15, 0.2) is 0 Å². The monoisotopic (exact) mass is 252 g/mol. The number of hydrogen-bond donors (Lipinski definition) is 1. The summed E-state index contributed by atoms with van der Waals surface area (Å²) in [4.78, 5) is 7.01. The number of thiol groups is 1. The van der Waals surface area contributed by atoms with Crippen molar-refractivity contribution in [3.63, 3.8) is 0 Å². The molecule has 0 aromatic carbocycles. The second-order valence-corrected chi connectivity index (χ2v) is 4.92. The standard InChI is InChI=1S/C14H24N2S/c1-4-13(11-17)9-16(5-2)10-14-8-6-7-12(3)15-14/h6-8,13,17H,4-5,9-11H2,1-3H3. The number of nitrogens with zero attached hydrogens (tertiary/aromatic N) is 2. The second-order valence-electron chi connectivity index (χ2n) is 4.55. The van der Waals surface area contributed by atoms with Crippen molar-refractivity contribution in [2.45, 2.75) is 33.7 Å². The van der Waals surface area contributed by atoms with Gasteiger partial charge in [0.1, 0.15) is 0 Å². The van der Waals surface area contributed by atoms with E-state index in [1.807, 2.05) is 13.0 Å². The van der Waals surface area contributed by atoms with Crippen LogP contribution in [0.4, 0.5) is 0 Å². The van der Waals surface area contributed by atoms with Gasteiger partial charge < -0.3 is 0 Å². The van der Waals surface area contributed by atoms with Crippen LogP contribution in [0.5, 0.6) is 0 Å². The lowest BCUT2D eigenvalue weighted by atomic mass is 10.1. The molecule has 96 valence electrons. The molecule has 0 spiro atoms. The Morgan fingerprint density at radius 3 is 2.65 bits per heavy atom. The minimum atomic E-state index is 0.683. The molecule has 3 heteroatoms. The lowest BCUT2D eigenvalue weighted by Crippen LogP contribution is -2.30. The molecule has 1 aromatic heterocycles. The van der Waals surface area contributed by atoms with Crippen molar-refractivity contribution in [1.82, 2.24) is 9.88 Å². The van der Waals surface area contributed by atoms with Crippen LogP contribution in [0.15, 0.2) is 18.2 Å². The fraction of sp³-hybridized carbons (Fsp3) is 0.643. The van der Waals surface area contributed by atoms with Gasteiger partial charge in [0.2, 0.25) is 0 Å². The quantitative estimate of drug-likeness (QED) is 0.750. The van der Waals surface area contributed by atoms with E-state index in [4.69, 9.17) is 0 Å². The summed E-state index contributed by atoms with van der Waals surface area (Å²) in [5.74, 6) is 1.65. The lowest BCUT2D eigenvalue weighted by molar-refractivity contribution is 0.237. The highest BCUT2D eigenvalue weighted by Gasteiger charge is 2.11. The molecular formula is C14H24N2S. The zero-order valence-corrected chi connectivity index (χ0v) is 12.1. The van der Waals surface area contributed by atoms with E-state index >= 15 is 0 Å². The summed E-state index contributed by atoms with van der Waals surface area (Å²) in [6.07, 6.45) is 1.20. The molecule has 0 amide bonds. The molecule has 0 bridgehead atoms. The first-order valence-corrected chi connectivity index (χ1v) is 7.08. The molecule has 0 aliphatic rings. The zero-order chi connectivity index (χ0) is 12.7. The molecule has 0 aliphatic heterocycles. The number of aryl methyl sites for hydroxylation is 1. The third-order valence-corrected chi connectivity index (χ3v) is 3.65. The molecule has 1 unspecified atom stereocenters. The molecule has 1 heterocycles. The van der Waals surface area contributed by atoms with Gasteiger partial charge in [0.05, 0.1) is 5.69 Å². The Labute approximate surface area is 111 Å². The molecular weight excluding hydrogens is 228 g/mol. The average molecular weight is 252 g/mol. The fourth-order valence-electron chi connectivity index (χ4n) is 1.90. The Kier molecular flexibility index (Phi) is 6.60. The lowest BCUT2D eigenvalue weighted by Gasteiger charge is -2.24. The van der Waals surface area contributed by atoms with E-state index in [1.54, 1.807) is 0 Å².